The van der Waals surface area contributed by atoms with Crippen LogP contribution in [0.2, 0.25) is 5.02 Å². The summed E-state index contributed by atoms with van der Waals surface area (Å²) in [6, 6.07) is 10.9. The summed E-state index contributed by atoms with van der Waals surface area (Å²) in [4.78, 5) is 14.9. The van der Waals surface area contributed by atoms with Crippen molar-refractivity contribution < 1.29 is 18.7 Å². The molecule has 0 bridgehead atoms. The summed E-state index contributed by atoms with van der Waals surface area (Å²) >= 11 is 9.70. The van der Waals surface area contributed by atoms with Crippen LogP contribution >= 0.6 is 27.5 Å². The Morgan fingerprint density at radius 3 is 2.65 bits per heavy atom. The van der Waals surface area contributed by atoms with Crippen molar-refractivity contribution in [3.05, 3.63) is 62.8 Å². The first-order valence-corrected chi connectivity index (χ1v) is 11.6. The molecule has 0 aliphatic carbocycles. The smallest absolute Gasteiger partial charge is 0.410 e. The van der Waals surface area contributed by atoms with Crippen LogP contribution in [0, 0.1) is 5.82 Å². The third-order valence-electron chi connectivity index (χ3n) is 6.12. The Labute approximate surface area is 195 Å². The second-order valence-electron chi connectivity index (χ2n) is 9.21. The number of nitrogens with zero attached hydrogens (tertiary/aromatic N) is 1. The Morgan fingerprint density at radius 2 is 2.00 bits per heavy atom. The minimum absolute atomic E-state index is 0.0356. The highest BCUT2D eigenvalue weighted by Crippen LogP contribution is 2.58. The maximum Gasteiger partial charge on any atom is 0.410 e. The number of fused-ring (bicyclic) bond motifs is 1. The van der Waals surface area contributed by atoms with Gasteiger partial charge in [-0.1, -0.05) is 48.9 Å². The second kappa shape index (κ2) is 7.96. The van der Waals surface area contributed by atoms with E-state index in [-0.39, 0.29) is 23.1 Å². The highest BCUT2D eigenvalue weighted by Gasteiger charge is 2.58. The van der Waals surface area contributed by atoms with Crippen molar-refractivity contribution in [2.75, 3.05) is 6.54 Å². The first kappa shape index (κ1) is 22.4. The molecule has 2 aromatic carbocycles. The number of carbonyl (C=O) groups is 1. The van der Waals surface area contributed by atoms with Crippen molar-refractivity contribution >= 4 is 33.6 Å². The van der Waals surface area contributed by atoms with Gasteiger partial charge < -0.3 is 14.4 Å². The number of benzene rings is 2. The van der Waals surface area contributed by atoms with E-state index in [1.165, 1.54) is 6.07 Å². The fraction of sp³-hybridized carbons (Fsp3) is 0.458. The number of amides is 1. The van der Waals surface area contributed by atoms with Gasteiger partial charge in [0.2, 0.25) is 0 Å². The summed E-state index contributed by atoms with van der Waals surface area (Å²) in [6.45, 7) is 8.19. The van der Waals surface area contributed by atoms with Gasteiger partial charge in [0.15, 0.2) is 5.60 Å². The minimum Gasteiger partial charge on any atom is -0.479 e. The molecule has 1 amide bonds. The lowest BCUT2D eigenvalue weighted by Crippen LogP contribution is -2.54. The number of hydrogen-bond donors (Lipinski definition) is 0. The van der Waals surface area contributed by atoms with Gasteiger partial charge >= 0.3 is 6.09 Å². The van der Waals surface area contributed by atoms with Crippen molar-refractivity contribution in [3.8, 4) is 5.75 Å². The molecule has 0 N–H and O–H groups in total. The molecule has 0 spiro atoms. The molecule has 4 rings (SSSR count). The summed E-state index contributed by atoms with van der Waals surface area (Å²) in [5.41, 5.74) is 0.250. The fourth-order valence-electron chi connectivity index (χ4n) is 4.87. The second-order valence-corrected chi connectivity index (χ2v) is 10.4. The van der Waals surface area contributed by atoms with Gasteiger partial charge in [-0.3, -0.25) is 0 Å². The molecule has 7 heteroatoms. The van der Waals surface area contributed by atoms with Crippen LogP contribution in [-0.2, 0) is 10.3 Å². The van der Waals surface area contributed by atoms with Gasteiger partial charge in [0.05, 0.1) is 11.1 Å². The summed E-state index contributed by atoms with van der Waals surface area (Å²) in [7, 11) is 0. The largest absolute Gasteiger partial charge is 0.479 e. The molecule has 1 fully saturated rings. The van der Waals surface area contributed by atoms with Crippen LogP contribution in [0.5, 0.6) is 5.75 Å². The molecule has 0 aromatic heterocycles. The fourth-order valence-corrected chi connectivity index (χ4v) is 5.75. The number of likely N-dealkylation sites (tertiary alicyclic amines) is 1. The van der Waals surface area contributed by atoms with Crippen LogP contribution in [-0.4, -0.2) is 29.2 Å². The Hall–Kier alpha value is -1.79. The lowest BCUT2D eigenvalue weighted by atomic mass is 9.74. The Bertz CT molecular complexity index is 1010. The van der Waals surface area contributed by atoms with E-state index < -0.39 is 17.0 Å². The summed E-state index contributed by atoms with van der Waals surface area (Å²) in [5.74, 6) is -0.287. The lowest BCUT2D eigenvalue weighted by Gasteiger charge is -2.43. The first-order valence-electron chi connectivity index (χ1n) is 10.5. The van der Waals surface area contributed by atoms with Gasteiger partial charge in [-0.25, -0.2) is 9.18 Å². The van der Waals surface area contributed by atoms with Crippen LogP contribution < -0.4 is 4.74 Å². The molecule has 166 valence electrons. The Balaban J connectivity index is 1.85. The Kier molecular flexibility index (Phi) is 5.76. The molecule has 2 heterocycles. The molecular formula is C24H26BrClFNO3. The van der Waals surface area contributed by atoms with Crippen LogP contribution in [0.15, 0.2) is 40.9 Å². The molecule has 2 aliphatic rings. The summed E-state index contributed by atoms with van der Waals surface area (Å²) in [5, 5.41) is 0.0356. The van der Waals surface area contributed by atoms with Crippen LogP contribution in [0.25, 0.3) is 0 Å². The zero-order valence-corrected chi connectivity index (χ0v) is 20.4. The average molecular weight is 511 g/mol. The van der Waals surface area contributed by atoms with Gasteiger partial charge in [0, 0.05) is 28.6 Å². The molecule has 2 aliphatic heterocycles. The number of hydrogen-bond acceptors (Lipinski definition) is 3. The van der Waals surface area contributed by atoms with E-state index >= 15 is 0 Å². The minimum atomic E-state index is -0.892. The molecule has 2 aromatic rings. The topological polar surface area (TPSA) is 38.8 Å². The third kappa shape index (κ3) is 3.72. The molecular weight excluding hydrogens is 485 g/mol. The number of ether oxygens (including phenoxy) is 2. The van der Waals surface area contributed by atoms with Crippen molar-refractivity contribution in [2.45, 2.75) is 63.7 Å². The molecule has 1 saturated heterocycles. The van der Waals surface area contributed by atoms with E-state index in [2.05, 4.69) is 15.9 Å². The quantitative estimate of drug-likeness (QED) is 0.407. The predicted molar refractivity (Wildman–Crippen MR) is 122 cm³/mol. The zero-order chi connectivity index (χ0) is 22.6. The van der Waals surface area contributed by atoms with E-state index in [9.17, 15) is 9.18 Å². The van der Waals surface area contributed by atoms with Crippen LogP contribution in [0.3, 0.4) is 0 Å². The maximum atomic E-state index is 14.5. The van der Waals surface area contributed by atoms with Gasteiger partial charge in [0.1, 0.15) is 17.2 Å². The number of halogens is 3. The first-order chi connectivity index (χ1) is 14.6. The van der Waals surface area contributed by atoms with Gasteiger partial charge in [0.25, 0.3) is 0 Å². The van der Waals surface area contributed by atoms with Gasteiger partial charge in [-0.2, -0.15) is 0 Å². The normalized spacial score (nSPS) is 25.3. The van der Waals surface area contributed by atoms with Crippen LogP contribution in [0.1, 0.15) is 57.6 Å². The average Bonchev–Trinajstić information content (AvgIpc) is 3.29. The molecule has 3 atom stereocenters. The maximum absolute atomic E-state index is 14.5. The SMILES string of the molecule is C[C@H]1c2c(cc(F)c(Cl)c2Br)O[C@@]1(c1ccccc1)[C@@H]1CCCN1C(=O)OC(C)(C)C. The number of rotatable bonds is 2. The molecule has 4 nitrogen and oxygen atoms in total. The Morgan fingerprint density at radius 1 is 1.32 bits per heavy atom. The molecule has 0 radical (unpaired) electrons. The lowest BCUT2D eigenvalue weighted by molar-refractivity contribution is -0.0310. The molecule has 31 heavy (non-hydrogen) atoms. The van der Waals surface area contributed by atoms with Crippen molar-refractivity contribution in [3.63, 3.8) is 0 Å². The summed E-state index contributed by atoms with van der Waals surface area (Å²) in [6.07, 6.45) is 1.22. The van der Waals surface area contributed by atoms with E-state index in [0.717, 1.165) is 24.0 Å². The van der Waals surface area contributed by atoms with Crippen molar-refractivity contribution in [2.24, 2.45) is 0 Å². The zero-order valence-electron chi connectivity index (χ0n) is 18.0. The number of carbonyl (C=O) groups excluding carboxylic acids is 1. The monoisotopic (exact) mass is 509 g/mol. The van der Waals surface area contributed by atoms with Crippen molar-refractivity contribution in [1.29, 1.82) is 0 Å². The molecule has 0 unspecified atom stereocenters. The van der Waals surface area contributed by atoms with E-state index in [1.807, 2.05) is 58.0 Å². The van der Waals surface area contributed by atoms with Crippen molar-refractivity contribution in [1.82, 2.24) is 4.90 Å². The van der Waals surface area contributed by atoms with Gasteiger partial charge in [-0.15, -0.1) is 0 Å². The van der Waals surface area contributed by atoms with Crippen LogP contribution in [0.4, 0.5) is 9.18 Å². The highest BCUT2D eigenvalue weighted by atomic mass is 79.9. The van der Waals surface area contributed by atoms with E-state index in [0.29, 0.717) is 16.8 Å². The standard InChI is InChI=1S/C24H26BrClFNO3/c1-14-19-17(13-16(27)21(26)20(19)25)30-24(14,15-9-6-5-7-10-15)18-11-8-12-28(18)22(29)31-23(2,3)4/h5-7,9-10,13-14,18H,8,11-12H2,1-4H3/t14-,18-,24-/m0/s1. The van der Waals surface area contributed by atoms with E-state index in [1.54, 1.807) is 4.90 Å². The summed E-state index contributed by atoms with van der Waals surface area (Å²) < 4.78 is 27.3. The predicted octanol–water partition coefficient (Wildman–Crippen LogP) is 7.03. The third-order valence-corrected chi connectivity index (χ3v) is 7.54. The highest BCUT2D eigenvalue weighted by molar-refractivity contribution is 9.10. The molecule has 0 saturated carbocycles. The van der Waals surface area contributed by atoms with Gasteiger partial charge in [-0.05, 0) is 55.1 Å². The van der Waals surface area contributed by atoms with E-state index in [4.69, 9.17) is 21.1 Å².